The van der Waals surface area contributed by atoms with Gasteiger partial charge in [0.1, 0.15) is 18.8 Å². The van der Waals surface area contributed by atoms with Crippen LogP contribution >= 0.6 is 0 Å². The zero-order valence-corrected chi connectivity index (χ0v) is 44.2. The Kier molecular flexibility index (Phi) is 42.9. The average molecular weight is 997 g/mol. The maximum atomic E-state index is 13.1. The van der Waals surface area contributed by atoms with Crippen molar-refractivity contribution in [1.82, 2.24) is 0 Å². The number of hydrogen-bond donors (Lipinski definition) is 3. The molecule has 0 spiro atoms. The molecule has 0 aromatic carbocycles. The van der Waals surface area contributed by atoms with Crippen molar-refractivity contribution in [3.8, 4) is 0 Å². The molecule has 0 bridgehead atoms. The van der Waals surface area contributed by atoms with Gasteiger partial charge in [0.2, 0.25) is 0 Å². The molecule has 404 valence electrons. The number of aliphatic hydroxyl groups is 2. The summed E-state index contributed by atoms with van der Waals surface area (Å²) in [4.78, 5) is 50.9. The van der Waals surface area contributed by atoms with Crippen molar-refractivity contribution in [2.24, 2.45) is 0 Å². The molecule has 0 aromatic rings. The summed E-state index contributed by atoms with van der Waals surface area (Å²) in [5.74, 6) is -3.23. The van der Waals surface area contributed by atoms with Gasteiger partial charge in [0.15, 0.2) is 24.6 Å². The van der Waals surface area contributed by atoms with E-state index in [4.69, 9.17) is 23.7 Å². The highest BCUT2D eigenvalue weighted by atomic mass is 16.7. The smallest absolute Gasteiger partial charge is 0.335 e. The van der Waals surface area contributed by atoms with Crippen LogP contribution in [0.4, 0.5) is 0 Å². The fourth-order valence-corrected chi connectivity index (χ4v) is 7.67. The molecule has 0 aromatic heterocycles. The molecule has 0 radical (unpaired) electrons. The molecular weight excluding hydrogens is 901 g/mol. The predicted molar refractivity (Wildman–Crippen MR) is 284 cm³/mol. The quantitative estimate of drug-likeness (QED) is 0.0228. The largest absolute Gasteiger partial charge is 0.479 e. The van der Waals surface area contributed by atoms with Gasteiger partial charge in [-0.3, -0.25) is 14.4 Å². The Morgan fingerprint density at radius 3 is 1.45 bits per heavy atom. The first-order chi connectivity index (χ1) is 34.6. The number of hydrogen-bond acceptors (Lipinski definition) is 11. The molecule has 6 atom stereocenters. The number of unbranched alkanes of at least 4 members (excludes halogenated alkanes) is 17. The number of esters is 3. The highest BCUT2D eigenvalue weighted by molar-refractivity contribution is 5.74. The first-order valence-electron chi connectivity index (χ1n) is 27.6. The van der Waals surface area contributed by atoms with Crippen molar-refractivity contribution in [3.05, 3.63) is 85.1 Å². The summed E-state index contributed by atoms with van der Waals surface area (Å²) in [5, 5.41) is 31.4. The summed E-state index contributed by atoms with van der Waals surface area (Å²) in [6.07, 6.45) is 47.2. The van der Waals surface area contributed by atoms with Crippen molar-refractivity contribution in [1.29, 1.82) is 0 Å². The van der Waals surface area contributed by atoms with Crippen molar-refractivity contribution < 1.29 is 58.2 Å². The first kappa shape index (κ1) is 64.9. The molecule has 1 aliphatic rings. The lowest BCUT2D eigenvalue weighted by Gasteiger charge is -2.40. The summed E-state index contributed by atoms with van der Waals surface area (Å²) in [6.45, 7) is 5.73. The molecule has 1 fully saturated rings. The van der Waals surface area contributed by atoms with Crippen LogP contribution in [-0.2, 0) is 42.9 Å². The van der Waals surface area contributed by atoms with E-state index >= 15 is 0 Å². The van der Waals surface area contributed by atoms with Crippen LogP contribution in [0.2, 0.25) is 0 Å². The molecule has 6 unspecified atom stereocenters. The van der Waals surface area contributed by atoms with Crippen LogP contribution in [-0.4, -0.2) is 89.2 Å². The second-order valence-electron chi connectivity index (χ2n) is 18.5. The predicted octanol–water partition coefficient (Wildman–Crippen LogP) is 13.6. The van der Waals surface area contributed by atoms with Gasteiger partial charge in [-0.25, -0.2) is 4.79 Å². The van der Waals surface area contributed by atoms with Crippen molar-refractivity contribution in [2.75, 3.05) is 13.2 Å². The Morgan fingerprint density at radius 2 is 0.915 bits per heavy atom. The molecule has 1 heterocycles. The van der Waals surface area contributed by atoms with E-state index in [2.05, 4.69) is 99.8 Å². The number of carboxylic acid groups (broad SMARTS) is 1. The van der Waals surface area contributed by atoms with Gasteiger partial charge in [-0.15, -0.1) is 0 Å². The molecule has 12 heteroatoms. The highest BCUT2D eigenvalue weighted by Gasteiger charge is 2.50. The minimum atomic E-state index is -1.91. The molecule has 0 saturated carbocycles. The van der Waals surface area contributed by atoms with E-state index in [9.17, 15) is 34.5 Å². The summed E-state index contributed by atoms with van der Waals surface area (Å²) >= 11 is 0. The lowest BCUT2D eigenvalue weighted by atomic mass is 9.98. The number of aliphatic hydroxyl groups excluding tert-OH is 2. The third kappa shape index (κ3) is 37.3. The van der Waals surface area contributed by atoms with E-state index in [1.807, 2.05) is 6.08 Å². The van der Waals surface area contributed by atoms with E-state index in [-0.39, 0.29) is 25.9 Å². The normalized spacial score (nSPS) is 19.1. The fraction of sp³-hybridized carbons (Fsp3) is 0.695. The number of aliphatic carboxylic acids is 1. The average Bonchev–Trinajstić information content (AvgIpc) is 3.35. The Bertz CT molecular complexity index is 1560. The molecule has 1 saturated heterocycles. The van der Waals surface area contributed by atoms with Gasteiger partial charge in [-0.2, -0.15) is 0 Å². The monoisotopic (exact) mass is 997 g/mol. The van der Waals surface area contributed by atoms with Gasteiger partial charge in [0, 0.05) is 19.3 Å². The van der Waals surface area contributed by atoms with E-state index < -0.39 is 67.3 Å². The number of ether oxygens (including phenoxy) is 5. The van der Waals surface area contributed by atoms with Crippen molar-refractivity contribution in [3.63, 3.8) is 0 Å². The fourth-order valence-electron chi connectivity index (χ4n) is 7.67. The minimum Gasteiger partial charge on any atom is -0.479 e. The van der Waals surface area contributed by atoms with E-state index in [1.54, 1.807) is 0 Å². The Balaban J connectivity index is 2.75. The Hall–Kier alpha value is -4.10. The van der Waals surface area contributed by atoms with Crippen molar-refractivity contribution >= 4 is 23.9 Å². The van der Waals surface area contributed by atoms with Crippen LogP contribution in [0.1, 0.15) is 213 Å². The van der Waals surface area contributed by atoms with E-state index in [1.165, 1.54) is 38.5 Å². The van der Waals surface area contributed by atoms with Crippen LogP contribution < -0.4 is 0 Å². The summed E-state index contributed by atoms with van der Waals surface area (Å²) in [5.41, 5.74) is 0. The second kappa shape index (κ2) is 46.9. The minimum absolute atomic E-state index is 0.0411. The van der Waals surface area contributed by atoms with E-state index in [0.29, 0.717) is 25.7 Å². The SMILES string of the molecule is CC/C=C\C/C=C\C/C=C\C/C=C\C/C=C\CCCC(=O)OCC(COC1OC(C(=O)O)C(O)C(O)C1OC(=O)CCCCCCC/C=C\CCCCCC)OC(=O)CCCCCCC/C=C\CCCC. The lowest BCUT2D eigenvalue weighted by Crippen LogP contribution is -2.61. The topological polar surface area (TPSA) is 175 Å². The first-order valence-corrected chi connectivity index (χ1v) is 27.6. The van der Waals surface area contributed by atoms with Gasteiger partial charge in [0.05, 0.1) is 6.61 Å². The number of allylic oxidation sites excluding steroid dienone is 14. The van der Waals surface area contributed by atoms with E-state index in [0.717, 1.165) is 109 Å². The van der Waals surface area contributed by atoms with Gasteiger partial charge >= 0.3 is 23.9 Å². The molecule has 0 aliphatic carbocycles. The zero-order valence-electron chi connectivity index (χ0n) is 44.2. The number of carbonyl (C=O) groups excluding carboxylic acids is 3. The van der Waals surface area contributed by atoms with Gasteiger partial charge in [-0.1, -0.05) is 176 Å². The van der Waals surface area contributed by atoms with Gasteiger partial charge in [-0.05, 0) is 103 Å². The number of rotatable bonds is 45. The second-order valence-corrected chi connectivity index (χ2v) is 18.5. The van der Waals surface area contributed by atoms with Crippen LogP contribution in [0.3, 0.4) is 0 Å². The molecule has 1 aliphatic heterocycles. The molecule has 1 rings (SSSR count). The van der Waals surface area contributed by atoms with Gasteiger partial charge in [0.25, 0.3) is 0 Å². The zero-order chi connectivity index (χ0) is 51.8. The number of carbonyl (C=O) groups is 4. The summed E-state index contributed by atoms with van der Waals surface area (Å²) < 4.78 is 28.2. The van der Waals surface area contributed by atoms with Crippen LogP contribution in [0.5, 0.6) is 0 Å². The van der Waals surface area contributed by atoms with Gasteiger partial charge < -0.3 is 39.0 Å². The molecule has 71 heavy (non-hydrogen) atoms. The summed E-state index contributed by atoms with van der Waals surface area (Å²) in [6, 6.07) is 0. The molecule has 12 nitrogen and oxygen atoms in total. The molecule has 3 N–H and O–H groups in total. The number of carboxylic acids is 1. The van der Waals surface area contributed by atoms with Crippen molar-refractivity contribution in [2.45, 2.75) is 250 Å². The molecular formula is C59H96O12. The Morgan fingerprint density at radius 1 is 0.479 bits per heavy atom. The molecule has 0 amide bonds. The third-order valence-electron chi connectivity index (χ3n) is 11.9. The van der Waals surface area contributed by atoms with Crippen LogP contribution in [0.15, 0.2) is 85.1 Å². The van der Waals surface area contributed by atoms with Crippen LogP contribution in [0.25, 0.3) is 0 Å². The maximum absolute atomic E-state index is 13.1. The van der Waals surface area contributed by atoms with Crippen LogP contribution in [0, 0.1) is 0 Å². The highest BCUT2D eigenvalue weighted by Crippen LogP contribution is 2.26. The standard InChI is InChI=1S/C59H96O12/c1-4-7-10-13-16-19-22-24-25-26-27-29-31-33-36-39-42-45-51(60)67-48-50(69-52(61)46-43-40-37-34-30-21-18-15-12-9-6-3)49-68-59-57(55(64)54(63)56(71-59)58(65)66)70-53(62)47-44-41-38-35-32-28-23-20-17-14-11-8-5-2/h7,10,15-16,18-20,23-25,27,29,33,36,50,54-57,59,63-64H,4-6,8-9,11-14,17,21-22,26,28,30-32,34-35,37-49H2,1-3H3,(H,65,66)/b10-7-,18-15-,19-16-,23-20-,25-24-,29-27-,36-33-. The summed E-state index contributed by atoms with van der Waals surface area (Å²) in [7, 11) is 0. The maximum Gasteiger partial charge on any atom is 0.335 e. The third-order valence-corrected chi connectivity index (χ3v) is 11.9. The lowest BCUT2D eigenvalue weighted by molar-refractivity contribution is -0.301. The Labute approximate surface area is 429 Å².